The molecule has 106 valence electrons. The van der Waals surface area contributed by atoms with Crippen molar-refractivity contribution in [2.24, 2.45) is 0 Å². The fourth-order valence-corrected chi connectivity index (χ4v) is 2.79. The molecule has 1 fully saturated rings. The van der Waals surface area contributed by atoms with Crippen LogP contribution in [0, 0.1) is 0 Å². The molecule has 5 heteroatoms. The number of nitrogens with zero attached hydrogens (tertiary/aromatic N) is 1. The number of phenols is 1. The quantitative estimate of drug-likeness (QED) is 0.925. The smallest absolute Gasteiger partial charge is 0.172 e. The maximum Gasteiger partial charge on any atom is 0.172 e. The van der Waals surface area contributed by atoms with Crippen molar-refractivity contribution in [3.05, 3.63) is 22.2 Å². The van der Waals surface area contributed by atoms with Gasteiger partial charge in [-0.25, -0.2) is 0 Å². The van der Waals surface area contributed by atoms with Crippen LogP contribution in [-0.2, 0) is 11.3 Å². The Morgan fingerprint density at radius 1 is 1.47 bits per heavy atom. The molecule has 0 spiro atoms. The molecule has 0 aliphatic carbocycles. The summed E-state index contributed by atoms with van der Waals surface area (Å²) in [6.45, 7) is 6.76. The summed E-state index contributed by atoms with van der Waals surface area (Å²) in [7, 11) is 1.56. The molecule has 0 radical (unpaired) electrons. The summed E-state index contributed by atoms with van der Waals surface area (Å²) in [6, 6.07) is 4.22. The van der Waals surface area contributed by atoms with Crippen LogP contribution in [0.5, 0.6) is 11.5 Å². The molecule has 0 amide bonds. The molecule has 1 N–H and O–H groups in total. The molecule has 1 aliphatic heterocycles. The van der Waals surface area contributed by atoms with Gasteiger partial charge in [-0.05, 0) is 47.5 Å². The molecule has 1 aromatic rings. The van der Waals surface area contributed by atoms with Crippen LogP contribution in [0.15, 0.2) is 16.6 Å². The lowest BCUT2D eigenvalue weighted by Crippen LogP contribution is -2.46. The van der Waals surface area contributed by atoms with Gasteiger partial charge in [0.05, 0.1) is 24.3 Å². The van der Waals surface area contributed by atoms with E-state index in [0.29, 0.717) is 16.3 Å². The van der Waals surface area contributed by atoms with E-state index in [4.69, 9.17) is 9.47 Å². The molecular weight excluding hydrogens is 310 g/mol. The van der Waals surface area contributed by atoms with E-state index < -0.39 is 0 Å². The Labute approximate surface area is 122 Å². The highest BCUT2D eigenvalue weighted by atomic mass is 79.9. The largest absolute Gasteiger partial charge is 0.503 e. The van der Waals surface area contributed by atoms with Crippen molar-refractivity contribution in [1.29, 1.82) is 0 Å². The zero-order valence-corrected chi connectivity index (χ0v) is 13.1. The second kappa shape index (κ2) is 6.11. The van der Waals surface area contributed by atoms with Crippen molar-refractivity contribution in [2.75, 3.05) is 20.3 Å². The summed E-state index contributed by atoms with van der Waals surface area (Å²) in [5.41, 5.74) is 1.11. The van der Waals surface area contributed by atoms with Crippen LogP contribution in [-0.4, -0.2) is 42.4 Å². The molecule has 0 bridgehead atoms. The molecule has 0 aromatic heterocycles. The van der Waals surface area contributed by atoms with Gasteiger partial charge >= 0.3 is 0 Å². The number of aromatic hydroxyl groups is 1. The van der Waals surface area contributed by atoms with Crippen LogP contribution < -0.4 is 4.74 Å². The summed E-state index contributed by atoms with van der Waals surface area (Å²) in [5, 5.41) is 9.82. The Hall–Kier alpha value is -0.780. The lowest BCUT2D eigenvalue weighted by atomic mass is 10.1. The molecule has 2 unspecified atom stereocenters. The van der Waals surface area contributed by atoms with Crippen LogP contribution >= 0.6 is 15.9 Å². The summed E-state index contributed by atoms with van der Waals surface area (Å²) in [5.74, 6) is 0.646. The Morgan fingerprint density at radius 3 is 2.89 bits per heavy atom. The lowest BCUT2D eigenvalue weighted by Gasteiger charge is -2.36. The van der Waals surface area contributed by atoms with Crippen LogP contribution in [0.25, 0.3) is 0 Å². The number of methoxy groups -OCH3 is 1. The van der Waals surface area contributed by atoms with E-state index in [9.17, 15) is 5.11 Å². The van der Waals surface area contributed by atoms with Gasteiger partial charge in [0, 0.05) is 19.1 Å². The van der Waals surface area contributed by atoms with Crippen LogP contribution in [0.3, 0.4) is 0 Å². The molecule has 4 nitrogen and oxygen atoms in total. The van der Waals surface area contributed by atoms with E-state index in [2.05, 4.69) is 34.7 Å². The van der Waals surface area contributed by atoms with Crippen molar-refractivity contribution < 1.29 is 14.6 Å². The first-order valence-corrected chi connectivity index (χ1v) is 7.21. The number of phenolic OH excluding ortho intramolecular Hbond substituents is 1. The van der Waals surface area contributed by atoms with Crippen LogP contribution in [0.4, 0.5) is 0 Å². The molecule has 1 heterocycles. The van der Waals surface area contributed by atoms with Crippen molar-refractivity contribution in [3.8, 4) is 11.5 Å². The molecule has 2 atom stereocenters. The topological polar surface area (TPSA) is 41.9 Å². The average Bonchev–Trinajstić information content (AvgIpc) is 2.38. The highest BCUT2D eigenvalue weighted by Crippen LogP contribution is 2.35. The second-order valence-electron chi connectivity index (χ2n) is 5.05. The van der Waals surface area contributed by atoms with Crippen LogP contribution in [0.2, 0.25) is 0 Å². The highest BCUT2D eigenvalue weighted by molar-refractivity contribution is 9.10. The van der Waals surface area contributed by atoms with Crippen molar-refractivity contribution in [1.82, 2.24) is 4.90 Å². The Balaban J connectivity index is 2.16. The second-order valence-corrected chi connectivity index (χ2v) is 5.91. The number of hydrogen-bond acceptors (Lipinski definition) is 4. The number of hydrogen-bond donors (Lipinski definition) is 1. The lowest BCUT2D eigenvalue weighted by molar-refractivity contribution is -0.0526. The maximum absolute atomic E-state index is 9.82. The predicted molar refractivity (Wildman–Crippen MR) is 77.6 cm³/mol. The van der Waals surface area contributed by atoms with Gasteiger partial charge < -0.3 is 14.6 Å². The zero-order valence-electron chi connectivity index (χ0n) is 11.5. The van der Waals surface area contributed by atoms with E-state index in [1.165, 1.54) is 0 Å². The molecule has 0 saturated carbocycles. The highest BCUT2D eigenvalue weighted by Gasteiger charge is 2.23. The third-order valence-electron chi connectivity index (χ3n) is 3.43. The van der Waals surface area contributed by atoms with E-state index in [0.717, 1.165) is 25.3 Å². The summed E-state index contributed by atoms with van der Waals surface area (Å²) >= 11 is 3.36. The molecule has 2 rings (SSSR count). The van der Waals surface area contributed by atoms with Gasteiger partial charge in [-0.1, -0.05) is 0 Å². The zero-order chi connectivity index (χ0) is 14.0. The summed E-state index contributed by atoms with van der Waals surface area (Å²) in [4.78, 5) is 2.38. The molecule has 19 heavy (non-hydrogen) atoms. The van der Waals surface area contributed by atoms with Gasteiger partial charge in [-0.3, -0.25) is 4.90 Å². The number of morpholine rings is 1. The van der Waals surface area contributed by atoms with Gasteiger partial charge in [-0.2, -0.15) is 0 Å². The van der Waals surface area contributed by atoms with Gasteiger partial charge in [0.15, 0.2) is 11.5 Å². The number of ether oxygens (including phenoxy) is 2. The first-order valence-electron chi connectivity index (χ1n) is 6.42. The van der Waals surface area contributed by atoms with Gasteiger partial charge in [0.1, 0.15) is 0 Å². The van der Waals surface area contributed by atoms with Gasteiger partial charge in [-0.15, -0.1) is 0 Å². The normalized spacial score (nSPS) is 24.4. The first kappa shape index (κ1) is 14.6. The summed E-state index contributed by atoms with van der Waals surface area (Å²) < 4.78 is 11.5. The maximum atomic E-state index is 9.82. The minimum Gasteiger partial charge on any atom is -0.503 e. The Kier molecular flexibility index (Phi) is 4.71. The molecule has 1 saturated heterocycles. The Bertz CT molecular complexity index is 453. The average molecular weight is 330 g/mol. The van der Waals surface area contributed by atoms with Crippen molar-refractivity contribution in [2.45, 2.75) is 32.5 Å². The fourth-order valence-electron chi connectivity index (χ4n) is 2.30. The van der Waals surface area contributed by atoms with Crippen molar-refractivity contribution >= 4 is 15.9 Å². The monoisotopic (exact) mass is 329 g/mol. The molecule has 1 aliphatic rings. The fraction of sp³-hybridized carbons (Fsp3) is 0.571. The third-order valence-corrected chi connectivity index (χ3v) is 4.04. The molecule has 1 aromatic carbocycles. The van der Waals surface area contributed by atoms with E-state index in [1.54, 1.807) is 7.11 Å². The number of rotatable bonds is 3. The van der Waals surface area contributed by atoms with Gasteiger partial charge in [0.25, 0.3) is 0 Å². The minimum atomic E-state index is 0.148. The SMILES string of the molecule is COc1cc(CN2CC(C)OCC2C)cc(Br)c1O. The van der Waals surface area contributed by atoms with E-state index >= 15 is 0 Å². The predicted octanol–water partition coefficient (Wildman–Crippen LogP) is 2.77. The van der Waals surface area contributed by atoms with Crippen molar-refractivity contribution in [3.63, 3.8) is 0 Å². The Morgan fingerprint density at radius 2 is 2.21 bits per heavy atom. The van der Waals surface area contributed by atoms with E-state index in [1.807, 2.05) is 12.1 Å². The third kappa shape index (κ3) is 3.41. The standard InChI is InChI=1S/C14H20BrNO3/c1-9-8-19-10(2)6-16(9)7-11-4-12(15)14(17)13(5-11)18-3/h4-5,9-10,17H,6-8H2,1-3H3. The number of benzene rings is 1. The summed E-state index contributed by atoms with van der Waals surface area (Å²) in [6.07, 6.45) is 0.263. The first-order chi connectivity index (χ1) is 9.01. The van der Waals surface area contributed by atoms with E-state index in [-0.39, 0.29) is 11.9 Å². The molecular formula is C14H20BrNO3. The number of halogens is 1. The van der Waals surface area contributed by atoms with Crippen LogP contribution in [0.1, 0.15) is 19.4 Å². The van der Waals surface area contributed by atoms with Gasteiger partial charge in [0.2, 0.25) is 0 Å². The minimum absolute atomic E-state index is 0.148.